The molecule has 79 heavy (non-hydrogen) atoms. The van der Waals surface area contributed by atoms with Crippen molar-refractivity contribution >= 4 is 17.9 Å². The summed E-state index contributed by atoms with van der Waals surface area (Å²) in [5.41, 5.74) is 0. The number of hydrogen-bond acceptors (Lipinski definition) is 6. The molecule has 0 aromatic carbocycles. The highest BCUT2D eigenvalue weighted by molar-refractivity contribution is 5.71. The van der Waals surface area contributed by atoms with Crippen molar-refractivity contribution in [1.82, 2.24) is 0 Å². The van der Waals surface area contributed by atoms with Crippen molar-refractivity contribution < 1.29 is 28.6 Å². The van der Waals surface area contributed by atoms with E-state index in [1.54, 1.807) is 0 Å². The van der Waals surface area contributed by atoms with Gasteiger partial charge in [-0.05, 0) is 135 Å². The molecule has 442 valence electrons. The number of unbranched alkanes of at least 4 members (excludes halogenated alkanes) is 16. The van der Waals surface area contributed by atoms with Crippen molar-refractivity contribution in [1.29, 1.82) is 0 Å². The monoisotopic (exact) mass is 1090 g/mol. The summed E-state index contributed by atoms with van der Waals surface area (Å²) in [5.74, 6) is -0.967. The van der Waals surface area contributed by atoms with Crippen molar-refractivity contribution in [3.8, 4) is 0 Å². The second kappa shape index (κ2) is 65.3. The van der Waals surface area contributed by atoms with Gasteiger partial charge in [-0.15, -0.1) is 0 Å². The molecule has 6 heteroatoms. The zero-order chi connectivity index (χ0) is 57.1. The predicted octanol–water partition coefficient (Wildman–Crippen LogP) is 21.9. The summed E-state index contributed by atoms with van der Waals surface area (Å²) in [7, 11) is 0. The Bertz CT molecular complexity index is 1820. The molecule has 0 saturated carbocycles. The molecule has 0 aromatic heterocycles. The first-order chi connectivity index (χ1) is 39.0. The standard InChI is InChI=1S/C73H114O6/c1-4-7-10-13-16-19-21-23-25-27-29-31-33-35-36-38-39-41-43-45-47-49-51-54-57-60-63-66-72(75)78-69-70(68-77-71(74)65-62-59-56-53-18-15-12-9-6-3)79-73(76)67-64-61-58-55-52-50-48-46-44-42-40-37-34-32-30-28-26-24-22-20-17-14-11-8-5-2/h7-8,10-11,16-17,19-20,23-26,29-32,35-37,39-41,44-47,50,52,70H,4-6,9,12-15,18,21-22,27-28,33-34,38,42-43,48-49,51,53-69H2,1-3H3/b10-7-,11-8-,19-16-,20-17-,25-23-,26-24-,31-29-,32-30-,36-35-,40-37-,41-39-,46-44-,47-45-,52-50-. The van der Waals surface area contributed by atoms with Gasteiger partial charge < -0.3 is 14.2 Å². The number of allylic oxidation sites excluding steroid dienone is 28. The van der Waals surface area contributed by atoms with E-state index in [0.29, 0.717) is 19.3 Å². The zero-order valence-electron chi connectivity index (χ0n) is 50.6. The van der Waals surface area contributed by atoms with E-state index >= 15 is 0 Å². The lowest BCUT2D eigenvalue weighted by Crippen LogP contribution is -2.30. The van der Waals surface area contributed by atoms with Crippen LogP contribution in [0, 0.1) is 0 Å². The smallest absolute Gasteiger partial charge is 0.306 e. The van der Waals surface area contributed by atoms with Crippen LogP contribution in [0.25, 0.3) is 0 Å². The fraction of sp³-hybridized carbons (Fsp3) is 0.575. The van der Waals surface area contributed by atoms with Crippen molar-refractivity contribution in [2.24, 2.45) is 0 Å². The second-order valence-electron chi connectivity index (χ2n) is 20.2. The summed E-state index contributed by atoms with van der Waals surface area (Å²) in [6.45, 7) is 6.34. The van der Waals surface area contributed by atoms with Gasteiger partial charge in [0.2, 0.25) is 0 Å². The van der Waals surface area contributed by atoms with Crippen LogP contribution < -0.4 is 0 Å². The lowest BCUT2D eigenvalue weighted by molar-refractivity contribution is -0.167. The van der Waals surface area contributed by atoms with Gasteiger partial charge in [0.25, 0.3) is 0 Å². The van der Waals surface area contributed by atoms with Gasteiger partial charge >= 0.3 is 17.9 Å². The minimum Gasteiger partial charge on any atom is -0.462 e. The summed E-state index contributed by atoms with van der Waals surface area (Å²) in [5, 5.41) is 0. The normalized spacial score (nSPS) is 13.3. The van der Waals surface area contributed by atoms with Gasteiger partial charge in [0.15, 0.2) is 6.10 Å². The van der Waals surface area contributed by atoms with Crippen LogP contribution in [0.15, 0.2) is 170 Å². The molecular formula is C73H114O6. The highest BCUT2D eigenvalue weighted by Crippen LogP contribution is 2.13. The molecule has 0 N–H and O–H groups in total. The summed E-state index contributed by atoms with van der Waals surface area (Å²) in [6.07, 6.45) is 96.5. The predicted molar refractivity (Wildman–Crippen MR) is 343 cm³/mol. The fourth-order valence-electron chi connectivity index (χ4n) is 8.05. The first kappa shape index (κ1) is 73.8. The maximum absolute atomic E-state index is 12.9. The summed E-state index contributed by atoms with van der Waals surface area (Å²) < 4.78 is 16.8. The Morgan fingerprint density at radius 3 is 0.785 bits per heavy atom. The molecule has 0 saturated heterocycles. The van der Waals surface area contributed by atoms with Crippen molar-refractivity contribution in [2.45, 2.75) is 258 Å². The van der Waals surface area contributed by atoms with Crippen LogP contribution in [0.5, 0.6) is 0 Å². The number of esters is 3. The van der Waals surface area contributed by atoms with Gasteiger partial charge in [0.05, 0.1) is 0 Å². The number of carbonyl (C=O) groups is 3. The van der Waals surface area contributed by atoms with Crippen LogP contribution in [0.1, 0.15) is 252 Å². The highest BCUT2D eigenvalue weighted by Gasteiger charge is 2.19. The minimum atomic E-state index is -0.812. The first-order valence-electron chi connectivity index (χ1n) is 31.6. The van der Waals surface area contributed by atoms with Crippen LogP contribution in [0.4, 0.5) is 0 Å². The van der Waals surface area contributed by atoms with Gasteiger partial charge in [-0.3, -0.25) is 14.4 Å². The van der Waals surface area contributed by atoms with Crippen LogP contribution in [-0.2, 0) is 28.6 Å². The van der Waals surface area contributed by atoms with Crippen molar-refractivity contribution in [3.05, 3.63) is 170 Å². The molecule has 1 atom stereocenters. The van der Waals surface area contributed by atoms with E-state index in [9.17, 15) is 14.4 Å². The average Bonchev–Trinajstić information content (AvgIpc) is 3.45. The Morgan fingerprint density at radius 1 is 0.266 bits per heavy atom. The van der Waals surface area contributed by atoms with E-state index in [2.05, 4.69) is 191 Å². The molecule has 0 radical (unpaired) electrons. The Balaban J connectivity index is 4.40. The van der Waals surface area contributed by atoms with E-state index in [-0.39, 0.29) is 37.5 Å². The van der Waals surface area contributed by atoms with E-state index in [1.165, 1.54) is 38.5 Å². The molecule has 0 heterocycles. The second-order valence-corrected chi connectivity index (χ2v) is 20.2. The van der Waals surface area contributed by atoms with Crippen molar-refractivity contribution in [2.75, 3.05) is 13.2 Å². The lowest BCUT2D eigenvalue weighted by atomic mass is 10.1. The molecule has 0 aromatic rings. The van der Waals surface area contributed by atoms with Crippen molar-refractivity contribution in [3.63, 3.8) is 0 Å². The largest absolute Gasteiger partial charge is 0.462 e. The third kappa shape index (κ3) is 63.5. The fourth-order valence-corrected chi connectivity index (χ4v) is 8.05. The van der Waals surface area contributed by atoms with Gasteiger partial charge in [0, 0.05) is 19.3 Å². The van der Waals surface area contributed by atoms with Gasteiger partial charge in [-0.1, -0.05) is 268 Å². The molecular weight excluding hydrogens is 973 g/mol. The van der Waals surface area contributed by atoms with E-state index < -0.39 is 6.10 Å². The molecule has 0 fully saturated rings. The lowest BCUT2D eigenvalue weighted by Gasteiger charge is -2.18. The van der Waals surface area contributed by atoms with Gasteiger partial charge in [-0.25, -0.2) is 0 Å². The molecule has 0 aliphatic carbocycles. The maximum Gasteiger partial charge on any atom is 0.306 e. The van der Waals surface area contributed by atoms with E-state index in [0.717, 1.165) is 167 Å². The summed E-state index contributed by atoms with van der Waals surface area (Å²) in [4.78, 5) is 38.2. The number of ether oxygens (including phenoxy) is 3. The molecule has 0 aliphatic heterocycles. The molecule has 0 spiro atoms. The van der Waals surface area contributed by atoms with Crippen LogP contribution in [0.3, 0.4) is 0 Å². The van der Waals surface area contributed by atoms with E-state index in [1.807, 2.05) is 0 Å². The van der Waals surface area contributed by atoms with Crippen LogP contribution >= 0.6 is 0 Å². The van der Waals surface area contributed by atoms with Gasteiger partial charge in [-0.2, -0.15) is 0 Å². The van der Waals surface area contributed by atoms with Crippen LogP contribution in [-0.4, -0.2) is 37.2 Å². The first-order valence-corrected chi connectivity index (χ1v) is 31.6. The molecule has 0 amide bonds. The summed E-state index contributed by atoms with van der Waals surface area (Å²) in [6, 6.07) is 0. The van der Waals surface area contributed by atoms with Crippen LogP contribution in [0.2, 0.25) is 0 Å². The Labute approximate surface area is 485 Å². The quantitative estimate of drug-likeness (QED) is 0.0261. The molecule has 6 nitrogen and oxygen atoms in total. The number of carbonyl (C=O) groups excluding carboxylic acids is 3. The molecule has 0 bridgehead atoms. The average molecular weight is 1090 g/mol. The molecule has 0 rings (SSSR count). The SMILES string of the molecule is CC/C=C\C/C=C\C/C=C\C/C=C\C/C=C\C/C=C\C/C=C\CCCCCCCC(=O)OCC(COC(=O)CCCCCCCCCCC)OC(=O)CCCCC/C=C\C/C=C\C/C=C\C/C=C\C/C=C\C/C=C\C/C=C\CC. The Morgan fingerprint density at radius 2 is 0.494 bits per heavy atom. The number of hydrogen-bond donors (Lipinski definition) is 0. The Hall–Kier alpha value is -5.23. The van der Waals surface area contributed by atoms with Gasteiger partial charge in [0.1, 0.15) is 13.2 Å². The molecule has 0 aliphatic rings. The third-order valence-electron chi connectivity index (χ3n) is 12.7. The van der Waals surface area contributed by atoms with E-state index in [4.69, 9.17) is 14.2 Å². The topological polar surface area (TPSA) is 78.9 Å². The minimum absolute atomic E-state index is 0.104. The summed E-state index contributed by atoms with van der Waals surface area (Å²) >= 11 is 0. The maximum atomic E-state index is 12.9. The Kier molecular flexibility index (Phi) is 61.0. The highest BCUT2D eigenvalue weighted by atomic mass is 16.6. The zero-order valence-corrected chi connectivity index (χ0v) is 50.6. The third-order valence-corrected chi connectivity index (χ3v) is 12.7. The molecule has 1 unspecified atom stereocenters. The number of rotatable bonds is 55.